The topological polar surface area (TPSA) is 0 Å². The van der Waals surface area contributed by atoms with Gasteiger partial charge in [-0.3, -0.25) is 0 Å². The first kappa shape index (κ1) is 15.9. The molecule has 0 N–H and O–H groups in total. The Hall–Kier alpha value is 2.78. The van der Waals surface area contributed by atoms with Gasteiger partial charge in [0.25, 0.3) is 0 Å². The van der Waals surface area contributed by atoms with Crippen LogP contribution in [-0.2, 0) is 19.6 Å². The third-order valence-electron chi connectivity index (χ3n) is 0. The van der Waals surface area contributed by atoms with Crippen molar-refractivity contribution >= 4 is 66.9 Å². The summed E-state index contributed by atoms with van der Waals surface area (Å²) in [5, 5.41) is 0. The predicted molar refractivity (Wildman–Crippen MR) is 25.6 cm³/mol. The van der Waals surface area contributed by atoms with Crippen LogP contribution in [0.15, 0.2) is 0 Å². The molecule has 0 aliphatic rings. The molecule has 0 fully saturated rings. The molecule has 0 aromatic heterocycles. The van der Waals surface area contributed by atoms with Gasteiger partial charge in [0, 0.05) is 0 Å². The van der Waals surface area contributed by atoms with E-state index in [-0.39, 0.29) is 60.8 Å². The molecule has 0 saturated heterocycles. The summed E-state index contributed by atoms with van der Waals surface area (Å²) < 4.78 is 0. The maximum Gasteiger partial charge on any atom is 0.316 e. The zero-order chi connectivity index (χ0) is 2.00. The maximum absolute atomic E-state index is 2.01. The molecule has 0 nitrogen and oxygen atoms in total. The Labute approximate surface area is 84.7 Å². The third-order valence-corrected chi connectivity index (χ3v) is 0. The minimum absolute atomic E-state index is 0. The van der Waals surface area contributed by atoms with Crippen LogP contribution in [-0.4, -0.2) is 66.9 Å². The monoisotopic (exact) mass is 179 g/mol. The van der Waals surface area contributed by atoms with Crippen molar-refractivity contribution in [1.82, 2.24) is 0 Å². The third kappa shape index (κ3) is 8.84. The van der Waals surface area contributed by atoms with Gasteiger partial charge in [-0.25, -0.2) is 0 Å². The SMILES string of the molecule is [BH2][Mo].[CaH2].[MgH2]. The van der Waals surface area contributed by atoms with Crippen molar-refractivity contribution in [2.75, 3.05) is 0 Å². The van der Waals surface area contributed by atoms with E-state index in [4.69, 9.17) is 0 Å². The molecule has 4 heteroatoms. The van der Waals surface area contributed by atoms with Crippen molar-refractivity contribution in [3.63, 3.8) is 0 Å². The molecular weight excluding hydrogens is 171 g/mol. The number of rotatable bonds is 0. The van der Waals surface area contributed by atoms with Gasteiger partial charge >= 0.3 is 86.5 Å². The summed E-state index contributed by atoms with van der Waals surface area (Å²) in [6.07, 6.45) is 2.01. The maximum atomic E-state index is 2.01. The summed E-state index contributed by atoms with van der Waals surface area (Å²) in [6.45, 7) is 0. The fourth-order valence-corrected chi connectivity index (χ4v) is 0. The fraction of sp³-hybridized carbons (Fsp3) is 0. The second-order valence-electron chi connectivity index (χ2n) is 0. The van der Waals surface area contributed by atoms with Gasteiger partial charge < -0.3 is 0 Å². The molecule has 0 heterocycles. The molecule has 0 amide bonds. The normalized spacial score (nSPS) is 1.00. The van der Waals surface area contributed by atoms with Crippen molar-refractivity contribution in [2.45, 2.75) is 0 Å². The molecule has 0 spiro atoms. The summed E-state index contributed by atoms with van der Waals surface area (Å²) in [4.78, 5) is 0. The van der Waals surface area contributed by atoms with Crippen LogP contribution in [0.5, 0.6) is 0 Å². The van der Waals surface area contributed by atoms with Gasteiger partial charge in [-0.2, -0.15) is 0 Å². The number of hydrogen-bond acceptors (Lipinski definition) is 0. The fourth-order valence-electron chi connectivity index (χ4n) is 0. The van der Waals surface area contributed by atoms with E-state index in [0.717, 1.165) is 0 Å². The quantitative estimate of drug-likeness (QED) is 0.352. The first-order chi connectivity index (χ1) is 1.00. The van der Waals surface area contributed by atoms with E-state index in [2.05, 4.69) is 0 Å². The molecule has 0 radical (unpaired) electrons. The molecule has 19 valence electrons. The average Bonchev–Trinajstić information content (AvgIpc) is 1.00. The van der Waals surface area contributed by atoms with E-state index in [1.54, 1.807) is 0 Å². The van der Waals surface area contributed by atoms with E-state index in [0.29, 0.717) is 0 Å². The molecular formula is H6BCaMgMo. The Morgan fingerprint density at radius 3 is 1.25 bits per heavy atom. The molecule has 0 atom stereocenters. The summed E-state index contributed by atoms with van der Waals surface area (Å²) >= 11 is 1.95. The van der Waals surface area contributed by atoms with Crippen LogP contribution >= 0.6 is 0 Å². The van der Waals surface area contributed by atoms with Crippen LogP contribution in [0.3, 0.4) is 0 Å². The molecule has 0 aliphatic heterocycles. The zero-order valence-corrected chi connectivity index (χ0v) is 3.42. The van der Waals surface area contributed by atoms with Gasteiger partial charge in [0.1, 0.15) is 0 Å². The molecule has 0 unspecified atom stereocenters. The Kier molecular flexibility index (Phi) is 67.7. The van der Waals surface area contributed by atoms with Crippen molar-refractivity contribution < 1.29 is 19.6 Å². The number of hydrogen-bond donors (Lipinski definition) is 0. The standard InChI is InChI=1S/BH2.Ca.Mg.Mo.4H/h1H2;;;;;;;/q+1;;;-1;;;;. The predicted octanol–water partition coefficient (Wildman–Crippen LogP) is -2.75. The van der Waals surface area contributed by atoms with Gasteiger partial charge in [-0.1, -0.05) is 0 Å². The van der Waals surface area contributed by atoms with E-state index >= 15 is 0 Å². The van der Waals surface area contributed by atoms with Gasteiger partial charge in [-0.05, 0) is 0 Å². The van der Waals surface area contributed by atoms with Crippen molar-refractivity contribution in [3.05, 3.63) is 0 Å². The molecule has 0 aromatic carbocycles. The van der Waals surface area contributed by atoms with Crippen LogP contribution in [0.25, 0.3) is 0 Å². The van der Waals surface area contributed by atoms with Crippen LogP contribution < -0.4 is 0 Å². The van der Waals surface area contributed by atoms with E-state index in [1.165, 1.54) is 0 Å². The molecule has 0 aromatic rings. The van der Waals surface area contributed by atoms with Crippen LogP contribution in [0, 0.1) is 0 Å². The second kappa shape index (κ2) is 17.1. The van der Waals surface area contributed by atoms with Crippen LogP contribution in [0.1, 0.15) is 0 Å². The molecule has 4 heavy (non-hydrogen) atoms. The first-order valence-electron chi connectivity index (χ1n) is 0.408. The van der Waals surface area contributed by atoms with Gasteiger partial charge in [0.15, 0.2) is 0 Å². The van der Waals surface area contributed by atoms with Gasteiger partial charge in [-0.15, -0.1) is 0 Å². The van der Waals surface area contributed by atoms with E-state index in [1.807, 2.05) is 25.7 Å². The second-order valence-corrected chi connectivity index (χ2v) is 0. The molecule has 0 saturated carbocycles. The molecule has 0 bridgehead atoms. The Morgan fingerprint density at radius 2 is 1.25 bits per heavy atom. The summed E-state index contributed by atoms with van der Waals surface area (Å²) in [5.41, 5.74) is 0. The molecule has 0 rings (SSSR count). The Balaban J connectivity index is -0.00000000500. The zero-order valence-electron chi connectivity index (χ0n) is 1.41. The van der Waals surface area contributed by atoms with E-state index < -0.39 is 0 Å². The summed E-state index contributed by atoms with van der Waals surface area (Å²) in [7, 11) is 0. The first-order valence-corrected chi connectivity index (χ1v) is 2.42. The largest absolute Gasteiger partial charge is 0.316 e. The van der Waals surface area contributed by atoms with E-state index in [9.17, 15) is 0 Å². The summed E-state index contributed by atoms with van der Waals surface area (Å²) in [5.74, 6) is 0. The Morgan fingerprint density at radius 1 is 1.25 bits per heavy atom. The minimum Gasteiger partial charge on any atom is 0.316 e. The van der Waals surface area contributed by atoms with Crippen LogP contribution in [0.4, 0.5) is 0 Å². The molecule has 0 aliphatic carbocycles. The van der Waals surface area contributed by atoms with Crippen molar-refractivity contribution in [3.8, 4) is 0 Å². The average molecular weight is 177 g/mol. The van der Waals surface area contributed by atoms with Gasteiger partial charge in [0.2, 0.25) is 0 Å². The summed E-state index contributed by atoms with van der Waals surface area (Å²) in [6, 6.07) is 0. The van der Waals surface area contributed by atoms with Crippen molar-refractivity contribution in [1.29, 1.82) is 0 Å². The Bertz CT molecular complexity index is 8.00. The minimum atomic E-state index is 0. The van der Waals surface area contributed by atoms with Crippen LogP contribution in [0.2, 0.25) is 0 Å². The van der Waals surface area contributed by atoms with Gasteiger partial charge in [0.05, 0.1) is 0 Å². The van der Waals surface area contributed by atoms with Crippen molar-refractivity contribution in [2.24, 2.45) is 0 Å². The smallest absolute Gasteiger partial charge is 0.316 e.